The molecule has 10 heteroatoms. The van der Waals surface area contributed by atoms with Gasteiger partial charge in [0.05, 0.1) is 11.0 Å². The number of nitro benzene ring substituents is 1. The van der Waals surface area contributed by atoms with Gasteiger partial charge >= 0.3 is 5.69 Å². The number of nitrogens with two attached hydrogens (primary N) is 1. The monoisotopic (exact) mass is 316 g/mol. The maximum Gasteiger partial charge on any atom is 0.313 e. The van der Waals surface area contributed by atoms with Crippen molar-refractivity contribution in [1.29, 1.82) is 0 Å². The fourth-order valence-electron chi connectivity index (χ4n) is 2.18. The van der Waals surface area contributed by atoms with E-state index in [2.05, 4.69) is 10.1 Å². The summed E-state index contributed by atoms with van der Waals surface area (Å²) in [7, 11) is -2.45. The quantitative estimate of drug-likeness (QED) is 0.391. The number of nitrogen functional groups attached to an aromatic ring is 1. The Morgan fingerprint density at radius 2 is 2.10 bits per heavy atom. The molecule has 0 saturated heterocycles. The number of nitrogens with zero attached hydrogens (tertiary/aromatic N) is 1. The van der Waals surface area contributed by atoms with Gasteiger partial charge in [0.2, 0.25) is 10.0 Å². The topological polar surface area (TPSA) is 137 Å². The second kappa shape index (κ2) is 5.93. The number of hydrogen-bond donors (Lipinski definition) is 3. The Balaban J connectivity index is 2.30. The van der Waals surface area contributed by atoms with Gasteiger partial charge in [-0.05, 0) is 25.0 Å². The van der Waals surface area contributed by atoms with E-state index in [1.807, 2.05) is 0 Å². The summed E-state index contributed by atoms with van der Waals surface area (Å²) >= 11 is 0. The van der Waals surface area contributed by atoms with Crippen LogP contribution in [0, 0.1) is 10.1 Å². The third-order valence-corrected chi connectivity index (χ3v) is 4.93. The van der Waals surface area contributed by atoms with Crippen LogP contribution in [0.4, 0.5) is 11.4 Å². The summed E-state index contributed by atoms with van der Waals surface area (Å²) in [6.07, 6.45) is 1.10. The number of nitro groups is 1. The molecule has 2 rings (SSSR count). The number of methoxy groups -OCH3 is 1. The van der Waals surface area contributed by atoms with E-state index >= 15 is 0 Å². The third kappa shape index (κ3) is 3.13. The number of anilines is 1. The van der Waals surface area contributed by atoms with Crippen molar-refractivity contribution in [2.24, 2.45) is 5.84 Å². The van der Waals surface area contributed by atoms with Gasteiger partial charge in [0.1, 0.15) is 5.69 Å². The van der Waals surface area contributed by atoms with Crippen molar-refractivity contribution in [2.75, 3.05) is 12.5 Å². The second-order valence-corrected chi connectivity index (χ2v) is 6.38. The number of benzene rings is 1. The predicted octanol–water partition coefficient (Wildman–Crippen LogP) is 0.336. The van der Waals surface area contributed by atoms with E-state index in [0.29, 0.717) is 12.8 Å². The van der Waals surface area contributed by atoms with E-state index in [1.54, 1.807) is 7.11 Å². The lowest BCUT2D eigenvalue weighted by atomic mass is 9.90. The molecule has 1 fully saturated rings. The molecule has 21 heavy (non-hydrogen) atoms. The minimum Gasteiger partial charge on any atom is -0.381 e. The van der Waals surface area contributed by atoms with Crippen LogP contribution in [0.2, 0.25) is 0 Å². The highest BCUT2D eigenvalue weighted by molar-refractivity contribution is 7.89. The molecule has 1 aliphatic carbocycles. The predicted molar refractivity (Wildman–Crippen MR) is 75.0 cm³/mol. The number of para-hydroxylation sites is 1. The van der Waals surface area contributed by atoms with Crippen molar-refractivity contribution >= 4 is 21.4 Å². The molecule has 0 atom stereocenters. The third-order valence-electron chi connectivity index (χ3n) is 3.38. The molecule has 0 aromatic heterocycles. The lowest BCUT2D eigenvalue weighted by molar-refractivity contribution is -0.386. The van der Waals surface area contributed by atoms with Gasteiger partial charge in [-0.1, -0.05) is 6.07 Å². The van der Waals surface area contributed by atoms with Crippen LogP contribution in [0.15, 0.2) is 23.1 Å². The molecule has 0 unspecified atom stereocenters. The van der Waals surface area contributed by atoms with Crippen molar-refractivity contribution in [1.82, 2.24) is 4.72 Å². The van der Waals surface area contributed by atoms with Crippen molar-refractivity contribution in [2.45, 2.75) is 29.9 Å². The molecule has 0 heterocycles. The first kappa shape index (κ1) is 15.6. The maximum atomic E-state index is 12.3. The largest absolute Gasteiger partial charge is 0.381 e. The molecule has 1 saturated carbocycles. The minimum absolute atomic E-state index is 0.0183. The number of nitrogens with one attached hydrogen (secondary N) is 2. The summed E-state index contributed by atoms with van der Waals surface area (Å²) in [4.78, 5) is 9.93. The minimum atomic E-state index is -4.00. The van der Waals surface area contributed by atoms with Crippen LogP contribution < -0.4 is 16.0 Å². The van der Waals surface area contributed by atoms with E-state index in [9.17, 15) is 18.5 Å². The summed E-state index contributed by atoms with van der Waals surface area (Å²) in [5, 5.41) is 11.1. The summed E-state index contributed by atoms with van der Waals surface area (Å²) in [6.45, 7) is 0. The molecule has 0 spiro atoms. The molecular formula is C11H16N4O5S. The SMILES string of the molecule is COC1CC(NS(=O)(=O)c2cccc(NN)c2[N+](=O)[O-])C1. The molecule has 9 nitrogen and oxygen atoms in total. The van der Waals surface area contributed by atoms with Gasteiger partial charge in [0.15, 0.2) is 4.90 Å². The van der Waals surface area contributed by atoms with E-state index in [0.717, 1.165) is 0 Å². The zero-order chi connectivity index (χ0) is 15.6. The lowest BCUT2D eigenvalue weighted by Gasteiger charge is -2.34. The summed E-state index contributed by atoms with van der Waals surface area (Å²) in [5.74, 6) is 5.19. The van der Waals surface area contributed by atoms with Crippen LogP contribution >= 0.6 is 0 Å². The van der Waals surface area contributed by atoms with Gasteiger partial charge in [-0.15, -0.1) is 0 Å². The standard InChI is InChI=1S/C11H16N4O5S/c1-20-8-5-7(6-8)14-21(18,19)10-4-2-3-9(13-12)11(10)15(16)17/h2-4,7-8,13-14H,5-6,12H2,1H3. The Hall–Kier alpha value is -1.75. The van der Waals surface area contributed by atoms with Gasteiger partial charge in [-0.3, -0.25) is 16.0 Å². The lowest BCUT2D eigenvalue weighted by Crippen LogP contribution is -2.47. The normalized spacial score (nSPS) is 21.6. The fraction of sp³-hybridized carbons (Fsp3) is 0.455. The molecule has 0 radical (unpaired) electrons. The number of ether oxygens (including phenoxy) is 1. The van der Waals surface area contributed by atoms with Crippen LogP contribution in [0.1, 0.15) is 12.8 Å². The zero-order valence-electron chi connectivity index (χ0n) is 11.3. The van der Waals surface area contributed by atoms with Gasteiger partial charge < -0.3 is 10.2 Å². The van der Waals surface area contributed by atoms with E-state index < -0.39 is 25.5 Å². The summed E-state index contributed by atoms with van der Waals surface area (Å²) < 4.78 is 32.1. The Kier molecular flexibility index (Phi) is 4.42. The van der Waals surface area contributed by atoms with Crippen LogP contribution in [-0.2, 0) is 14.8 Å². The molecule has 0 amide bonds. The van der Waals surface area contributed by atoms with Crippen molar-refractivity contribution in [3.05, 3.63) is 28.3 Å². The van der Waals surface area contributed by atoms with Crippen molar-refractivity contribution in [3.63, 3.8) is 0 Å². The van der Waals surface area contributed by atoms with Gasteiger partial charge in [-0.25, -0.2) is 13.1 Å². The highest BCUT2D eigenvalue weighted by Gasteiger charge is 2.36. The van der Waals surface area contributed by atoms with Gasteiger partial charge in [-0.2, -0.15) is 0 Å². The molecule has 1 aromatic carbocycles. The number of sulfonamides is 1. The molecule has 116 valence electrons. The Bertz CT molecular complexity index is 642. The van der Waals surface area contributed by atoms with Gasteiger partial charge in [0.25, 0.3) is 0 Å². The summed E-state index contributed by atoms with van der Waals surface area (Å²) in [5.41, 5.74) is 1.50. The molecule has 1 aliphatic rings. The Morgan fingerprint density at radius 3 is 2.62 bits per heavy atom. The van der Waals surface area contributed by atoms with E-state index in [4.69, 9.17) is 10.6 Å². The Morgan fingerprint density at radius 1 is 1.43 bits per heavy atom. The number of hydrogen-bond acceptors (Lipinski definition) is 7. The van der Waals surface area contributed by atoms with Crippen LogP contribution in [0.25, 0.3) is 0 Å². The summed E-state index contributed by atoms with van der Waals surface area (Å²) in [6, 6.07) is 3.61. The molecule has 4 N–H and O–H groups in total. The zero-order valence-corrected chi connectivity index (χ0v) is 12.1. The maximum absolute atomic E-state index is 12.3. The first-order valence-electron chi connectivity index (χ1n) is 6.18. The second-order valence-electron chi connectivity index (χ2n) is 4.70. The number of rotatable bonds is 6. The van der Waals surface area contributed by atoms with E-state index in [1.165, 1.54) is 18.2 Å². The first-order valence-corrected chi connectivity index (χ1v) is 7.66. The highest BCUT2D eigenvalue weighted by Crippen LogP contribution is 2.32. The molecule has 1 aromatic rings. The van der Waals surface area contributed by atoms with Crippen LogP contribution in [-0.4, -0.2) is 32.6 Å². The average molecular weight is 316 g/mol. The average Bonchev–Trinajstić information content (AvgIpc) is 2.41. The molecule has 0 aliphatic heterocycles. The fourth-order valence-corrected chi connectivity index (χ4v) is 3.64. The Labute approximate surface area is 121 Å². The van der Waals surface area contributed by atoms with Crippen LogP contribution in [0.5, 0.6) is 0 Å². The van der Waals surface area contributed by atoms with E-state index in [-0.39, 0.29) is 17.8 Å². The van der Waals surface area contributed by atoms with Crippen LogP contribution in [0.3, 0.4) is 0 Å². The molecule has 0 bridgehead atoms. The first-order chi connectivity index (χ1) is 9.89. The number of hydrazine groups is 1. The molecular weight excluding hydrogens is 300 g/mol. The van der Waals surface area contributed by atoms with Crippen molar-refractivity contribution < 1.29 is 18.1 Å². The van der Waals surface area contributed by atoms with Gasteiger partial charge in [0, 0.05) is 13.2 Å². The highest BCUT2D eigenvalue weighted by atomic mass is 32.2. The smallest absolute Gasteiger partial charge is 0.313 e. The van der Waals surface area contributed by atoms with Crippen molar-refractivity contribution in [3.8, 4) is 0 Å².